The summed E-state index contributed by atoms with van der Waals surface area (Å²) in [5, 5.41) is 7.65. The van der Waals surface area contributed by atoms with Gasteiger partial charge in [-0.3, -0.25) is 9.36 Å². The second-order valence-corrected chi connectivity index (χ2v) is 8.45. The number of para-hydroxylation sites is 2. The summed E-state index contributed by atoms with van der Waals surface area (Å²) in [7, 11) is 1.57. The van der Waals surface area contributed by atoms with E-state index in [1.165, 1.54) is 17.7 Å². The molecule has 0 fully saturated rings. The molecule has 0 saturated carbocycles. The van der Waals surface area contributed by atoms with Gasteiger partial charge in [0.1, 0.15) is 39.7 Å². The van der Waals surface area contributed by atoms with Crippen LogP contribution in [0.5, 0.6) is 5.75 Å². The van der Waals surface area contributed by atoms with Gasteiger partial charge in [-0.25, -0.2) is 19.6 Å². The van der Waals surface area contributed by atoms with Crippen LogP contribution in [0.4, 0.5) is 5.82 Å². The first-order valence-corrected chi connectivity index (χ1v) is 10.9. The second-order valence-electron chi connectivity index (χ2n) is 6.85. The van der Waals surface area contributed by atoms with Gasteiger partial charge in [-0.2, -0.15) is 5.10 Å². The van der Waals surface area contributed by atoms with Crippen LogP contribution in [0.3, 0.4) is 0 Å². The van der Waals surface area contributed by atoms with E-state index in [0.29, 0.717) is 48.9 Å². The third-order valence-electron chi connectivity index (χ3n) is 4.99. The minimum Gasteiger partial charge on any atom is -0.495 e. The van der Waals surface area contributed by atoms with E-state index in [-0.39, 0.29) is 12.1 Å². The van der Waals surface area contributed by atoms with E-state index < -0.39 is 0 Å². The number of nitrogens with two attached hydrogens (primary N) is 1. The van der Waals surface area contributed by atoms with Gasteiger partial charge in [0.05, 0.1) is 23.6 Å². The average Bonchev–Trinajstić information content (AvgIpc) is 3.29. The molecular weight excluding hydrogens is 482 g/mol. The zero-order valence-electron chi connectivity index (χ0n) is 16.5. The maximum absolute atomic E-state index is 13.6. The summed E-state index contributed by atoms with van der Waals surface area (Å²) < 4.78 is 9.28. The van der Waals surface area contributed by atoms with Gasteiger partial charge in [-0.1, -0.05) is 12.1 Å². The SMILES string of the molecule is COc1ccccc1-n1c(Cn2nc(Br)c3c(N)ncnc32)nc2scc(C)c2c1=O. The lowest BCUT2D eigenvalue weighted by Gasteiger charge is -2.15. The number of methoxy groups -OCH3 is 1. The number of benzene rings is 1. The van der Waals surface area contributed by atoms with Crippen LogP contribution in [0.2, 0.25) is 0 Å². The molecule has 0 saturated heterocycles. The van der Waals surface area contributed by atoms with Crippen molar-refractivity contribution in [3.8, 4) is 11.4 Å². The molecule has 0 amide bonds. The molecule has 0 bridgehead atoms. The van der Waals surface area contributed by atoms with E-state index in [4.69, 9.17) is 15.5 Å². The molecule has 11 heteroatoms. The van der Waals surface area contributed by atoms with Gasteiger partial charge in [0, 0.05) is 0 Å². The molecule has 0 atom stereocenters. The summed E-state index contributed by atoms with van der Waals surface area (Å²) in [6, 6.07) is 7.35. The highest BCUT2D eigenvalue weighted by atomic mass is 79.9. The lowest BCUT2D eigenvalue weighted by molar-refractivity contribution is 0.412. The Hall–Kier alpha value is -3.31. The van der Waals surface area contributed by atoms with E-state index in [1.54, 1.807) is 16.4 Å². The van der Waals surface area contributed by atoms with E-state index in [1.807, 2.05) is 36.6 Å². The molecule has 0 radical (unpaired) electrons. The Balaban J connectivity index is 1.80. The summed E-state index contributed by atoms with van der Waals surface area (Å²) in [5.41, 5.74) is 7.88. The fraction of sp³-hybridized carbons (Fsp3) is 0.150. The van der Waals surface area contributed by atoms with Crippen molar-refractivity contribution in [2.45, 2.75) is 13.5 Å². The lowest BCUT2D eigenvalue weighted by atomic mass is 10.2. The van der Waals surface area contributed by atoms with Gasteiger partial charge in [-0.05, 0) is 45.9 Å². The normalized spacial score (nSPS) is 11.5. The lowest BCUT2D eigenvalue weighted by Crippen LogP contribution is -2.26. The number of aromatic nitrogens is 6. The summed E-state index contributed by atoms with van der Waals surface area (Å²) in [6.45, 7) is 2.10. The largest absolute Gasteiger partial charge is 0.495 e. The molecule has 31 heavy (non-hydrogen) atoms. The highest BCUT2D eigenvalue weighted by Crippen LogP contribution is 2.28. The molecular formula is C20H16BrN7O2S. The molecule has 5 rings (SSSR count). The molecule has 1 aromatic carbocycles. The van der Waals surface area contributed by atoms with Gasteiger partial charge < -0.3 is 10.5 Å². The molecule has 0 aliphatic rings. The fourth-order valence-electron chi connectivity index (χ4n) is 3.57. The van der Waals surface area contributed by atoms with E-state index in [2.05, 4.69) is 31.0 Å². The van der Waals surface area contributed by atoms with Crippen molar-refractivity contribution in [1.82, 2.24) is 29.3 Å². The van der Waals surface area contributed by atoms with Crippen LogP contribution in [-0.2, 0) is 6.54 Å². The molecule has 0 spiro atoms. The van der Waals surface area contributed by atoms with E-state index in [9.17, 15) is 4.79 Å². The second kappa shape index (κ2) is 7.43. The van der Waals surface area contributed by atoms with Gasteiger partial charge in [0.25, 0.3) is 5.56 Å². The predicted molar refractivity (Wildman–Crippen MR) is 123 cm³/mol. The van der Waals surface area contributed by atoms with Crippen LogP contribution in [-0.4, -0.2) is 36.4 Å². The van der Waals surface area contributed by atoms with Crippen molar-refractivity contribution in [2.24, 2.45) is 0 Å². The fourth-order valence-corrected chi connectivity index (χ4v) is 5.07. The molecule has 9 nitrogen and oxygen atoms in total. The number of hydrogen-bond acceptors (Lipinski definition) is 8. The first-order valence-electron chi connectivity index (χ1n) is 9.25. The Kier molecular flexibility index (Phi) is 4.71. The Morgan fingerprint density at radius 3 is 2.84 bits per heavy atom. The quantitative estimate of drug-likeness (QED) is 0.405. The summed E-state index contributed by atoms with van der Waals surface area (Å²) in [5.74, 6) is 1.39. The highest BCUT2D eigenvalue weighted by molar-refractivity contribution is 9.10. The van der Waals surface area contributed by atoms with Crippen LogP contribution in [0, 0.1) is 6.92 Å². The highest BCUT2D eigenvalue weighted by Gasteiger charge is 2.21. The Morgan fingerprint density at radius 2 is 2.03 bits per heavy atom. The van der Waals surface area contributed by atoms with Crippen molar-refractivity contribution in [1.29, 1.82) is 0 Å². The number of anilines is 1. The molecule has 4 aromatic heterocycles. The number of hydrogen-bond donors (Lipinski definition) is 1. The Bertz CT molecular complexity index is 1520. The van der Waals surface area contributed by atoms with Crippen LogP contribution in [0.1, 0.15) is 11.4 Å². The van der Waals surface area contributed by atoms with Crippen molar-refractivity contribution in [3.63, 3.8) is 0 Å². The first-order chi connectivity index (χ1) is 15.0. The number of rotatable bonds is 4. The number of fused-ring (bicyclic) bond motifs is 2. The standard InChI is InChI=1S/C20H16BrN7O2S/c1-10-8-31-19-14(10)20(29)28(11-5-3-4-6-12(11)30-2)13(25-19)7-27-18-15(16(21)26-27)17(22)23-9-24-18/h3-6,8-9H,7H2,1-2H3,(H2,22,23,24). The minimum absolute atomic E-state index is 0.159. The van der Waals surface area contributed by atoms with Crippen LogP contribution >= 0.6 is 27.3 Å². The first kappa shape index (κ1) is 19.6. The van der Waals surface area contributed by atoms with Crippen LogP contribution in [0.15, 0.2) is 45.4 Å². The van der Waals surface area contributed by atoms with Crippen molar-refractivity contribution < 1.29 is 4.74 Å². The minimum atomic E-state index is -0.159. The number of ether oxygens (including phenoxy) is 1. The molecule has 0 aliphatic heterocycles. The van der Waals surface area contributed by atoms with Crippen molar-refractivity contribution in [3.05, 3.63) is 62.3 Å². The smallest absolute Gasteiger partial charge is 0.267 e. The number of aryl methyl sites for hydroxylation is 1. The molecule has 5 aromatic rings. The molecule has 4 heterocycles. The molecule has 2 N–H and O–H groups in total. The molecule has 0 aliphatic carbocycles. The number of halogens is 1. The average molecular weight is 498 g/mol. The van der Waals surface area contributed by atoms with Gasteiger partial charge in [-0.15, -0.1) is 11.3 Å². The topological polar surface area (TPSA) is 114 Å². The van der Waals surface area contributed by atoms with Crippen LogP contribution in [0.25, 0.3) is 26.9 Å². The van der Waals surface area contributed by atoms with Gasteiger partial charge in [0.15, 0.2) is 5.65 Å². The van der Waals surface area contributed by atoms with Crippen LogP contribution < -0.4 is 16.0 Å². The van der Waals surface area contributed by atoms with Gasteiger partial charge in [0.2, 0.25) is 0 Å². The number of thiophene rings is 1. The number of nitrogens with zero attached hydrogens (tertiary/aromatic N) is 6. The number of nitrogen functional groups attached to an aromatic ring is 1. The van der Waals surface area contributed by atoms with Gasteiger partial charge >= 0.3 is 0 Å². The third kappa shape index (κ3) is 3.08. The maximum atomic E-state index is 13.6. The maximum Gasteiger partial charge on any atom is 0.267 e. The Labute approximate surface area is 188 Å². The van der Waals surface area contributed by atoms with Crippen molar-refractivity contribution >= 4 is 54.3 Å². The van der Waals surface area contributed by atoms with Crippen molar-refractivity contribution in [2.75, 3.05) is 12.8 Å². The summed E-state index contributed by atoms with van der Waals surface area (Å²) in [6.07, 6.45) is 1.38. The molecule has 156 valence electrons. The zero-order chi connectivity index (χ0) is 21.7. The van der Waals surface area contributed by atoms with E-state index in [0.717, 1.165) is 5.56 Å². The summed E-state index contributed by atoms with van der Waals surface area (Å²) in [4.78, 5) is 27.5. The molecule has 0 unspecified atom stereocenters. The van der Waals surface area contributed by atoms with E-state index >= 15 is 0 Å². The third-order valence-corrected chi connectivity index (χ3v) is 6.54. The summed E-state index contributed by atoms with van der Waals surface area (Å²) >= 11 is 4.86. The predicted octanol–water partition coefficient (Wildman–Crippen LogP) is 3.30. The Morgan fingerprint density at radius 1 is 1.23 bits per heavy atom. The zero-order valence-corrected chi connectivity index (χ0v) is 18.9. The monoisotopic (exact) mass is 497 g/mol.